The zero-order chi connectivity index (χ0) is 8.10. The molecule has 0 saturated carbocycles. The summed E-state index contributed by atoms with van der Waals surface area (Å²) in [6.07, 6.45) is 6.59. The van der Waals surface area contributed by atoms with Gasteiger partial charge in [0.2, 0.25) is 0 Å². The molecule has 0 unspecified atom stereocenters. The molecule has 0 amide bonds. The lowest BCUT2D eigenvalue weighted by atomic mass is 10.1. The lowest BCUT2D eigenvalue weighted by Crippen LogP contribution is -2.05. The van der Waals surface area contributed by atoms with Crippen LogP contribution in [0.4, 0.5) is 0 Å². The number of carbonyl (C=O) groups is 1. The van der Waals surface area contributed by atoms with Crippen LogP contribution in [0.1, 0.15) is 45.4 Å². The molecular weight excluding hydrogens is 140 g/mol. The Balaban J connectivity index is 2.04. The third-order valence-electron chi connectivity index (χ3n) is 2.10. The zero-order valence-electron chi connectivity index (χ0n) is 7.14. The molecule has 0 aromatic rings. The van der Waals surface area contributed by atoms with E-state index in [0.29, 0.717) is 6.42 Å². The van der Waals surface area contributed by atoms with Crippen molar-refractivity contribution in [3.8, 4) is 0 Å². The molecule has 64 valence electrons. The molecule has 2 nitrogen and oxygen atoms in total. The molecule has 0 radical (unpaired) electrons. The summed E-state index contributed by atoms with van der Waals surface area (Å²) < 4.78 is 5.07. The number of hydrogen-bond donors (Lipinski definition) is 0. The van der Waals surface area contributed by atoms with E-state index in [1.807, 2.05) is 0 Å². The van der Waals surface area contributed by atoms with Crippen LogP contribution >= 0.6 is 0 Å². The van der Waals surface area contributed by atoms with Crippen molar-refractivity contribution in [3.63, 3.8) is 0 Å². The second-order valence-corrected chi connectivity index (χ2v) is 3.15. The fourth-order valence-corrected chi connectivity index (χ4v) is 1.41. The van der Waals surface area contributed by atoms with Crippen molar-refractivity contribution in [2.24, 2.45) is 0 Å². The van der Waals surface area contributed by atoms with Gasteiger partial charge in [-0.25, -0.2) is 0 Å². The highest BCUT2D eigenvalue weighted by atomic mass is 16.5. The minimum atomic E-state index is -0.00787. The summed E-state index contributed by atoms with van der Waals surface area (Å²) in [6, 6.07) is 0. The molecule has 0 aromatic carbocycles. The Morgan fingerprint density at radius 2 is 2.36 bits per heavy atom. The van der Waals surface area contributed by atoms with Gasteiger partial charge < -0.3 is 4.74 Å². The monoisotopic (exact) mass is 156 g/mol. The number of ether oxygens (including phenoxy) is 1. The smallest absolute Gasteiger partial charge is 0.306 e. The van der Waals surface area contributed by atoms with Crippen LogP contribution in [-0.2, 0) is 9.53 Å². The molecule has 1 aliphatic rings. The highest BCUT2D eigenvalue weighted by molar-refractivity contribution is 5.71. The predicted octanol–water partition coefficient (Wildman–Crippen LogP) is 2.27. The Morgan fingerprint density at radius 3 is 2.91 bits per heavy atom. The Bertz CT molecular complexity index is 132. The normalized spacial score (nSPS) is 23.7. The van der Waals surface area contributed by atoms with Gasteiger partial charge in [-0.05, 0) is 19.3 Å². The first-order chi connectivity index (χ1) is 5.33. The number of hydrogen-bond acceptors (Lipinski definition) is 2. The number of rotatable bonds is 4. The summed E-state index contributed by atoms with van der Waals surface area (Å²) in [6.45, 7) is 2.18. The maximum Gasteiger partial charge on any atom is 0.306 e. The minimum Gasteiger partial charge on any atom is -0.462 e. The molecular formula is C9H16O2. The van der Waals surface area contributed by atoms with E-state index in [1.54, 1.807) is 0 Å². The van der Waals surface area contributed by atoms with Gasteiger partial charge in [-0.3, -0.25) is 4.79 Å². The van der Waals surface area contributed by atoms with E-state index in [4.69, 9.17) is 4.74 Å². The van der Waals surface area contributed by atoms with Gasteiger partial charge in [0.25, 0.3) is 0 Å². The van der Waals surface area contributed by atoms with Crippen LogP contribution in [0.3, 0.4) is 0 Å². The lowest BCUT2D eigenvalue weighted by molar-refractivity contribution is -0.141. The highest BCUT2D eigenvalue weighted by Gasteiger charge is 2.21. The minimum absolute atomic E-state index is 0.00787. The molecule has 0 aromatic heterocycles. The Kier molecular flexibility index (Phi) is 3.40. The third-order valence-corrected chi connectivity index (χ3v) is 2.10. The van der Waals surface area contributed by atoms with Crippen LogP contribution in [0.15, 0.2) is 0 Å². The molecule has 1 atom stereocenters. The van der Waals surface area contributed by atoms with Crippen molar-refractivity contribution in [2.75, 3.05) is 0 Å². The van der Waals surface area contributed by atoms with E-state index in [0.717, 1.165) is 12.8 Å². The van der Waals surface area contributed by atoms with Gasteiger partial charge in [-0.1, -0.05) is 19.8 Å². The Hall–Kier alpha value is -0.530. The molecule has 11 heavy (non-hydrogen) atoms. The third kappa shape index (κ3) is 2.91. The van der Waals surface area contributed by atoms with Gasteiger partial charge in [0.15, 0.2) is 0 Å². The number of esters is 1. The largest absolute Gasteiger partial charge is 0.462 e. The van der Waals surface area contributed by atoms with E-state index in [9.17, 15) is 4.79 Å². The average Bonchev–Trinajstić information content (AvgIpc) is 2.37. The van der Waals surface area contributed by atoms with E-state index in [-0.39, 0.29) is 12.1 Å². The molecule has 1 rings (SSSR count). The van der Waals surface area contributed by atoms with Crippen LogP contribution in [0.25, 0.3) is 0 Å². The second-order valence-electron chi connectivity index (χ2n) is 3.15. The van der Waals surface area contributed by atoms with Crippen LogP contribution in [0, 0.1) is 0 Å². The molecule has 1 aliphatic heterocycles. The standard InChI is InChI=1S/C9H16O2/c1-2-3-4-5-8-6-7-9(10)11-8/h8H,2-7H2,1H3/t8-/m0/s1. The lowest BCUT2D eigenvalue weighted by Gasteiger charge is -2.06. The van der Waals surface area contributed by atoms with Gasteiger partial charge in [-0.2, -0.15) is 0 Å². The number of unbranched alkanes of at least 4 members (excludes halogenated alkanes) is 2. The molecule has 0 spiro atoms. The summed E-state index contributed by atoms with van der Waals surface area (Å²) in [4.78, 5) is 10.7. The summed E-state index contributed by atoms with van der Waals surface area (Å²) in [5.74, 6) is -0.00787. The van der Waals surface area contributed by atoms with Crippen molar-refractivity contribution in [1.82, 2.24) is 0 Å². The van der Waals surface area contributed by atoms with Crippen molar-refractivity contribution in [3.05, 3.63) is 0 Å². The van der Waals surface area contributed by atoms with Crippen molar-refractivity contribution in [1.29, 1.82) is 0 Å². The maximum atomic E-state index is 10.7. The van der Waals surface area contributed by atoms with Crippen LogP contribution in [0.5, 0.6) is 0 Å². The topological polar surface area (TPSA) is 26.3 Å². The van der Waals surface area contributed by atoms with Crippen molar-refractivity contribution < 1.29 is 9.53 Å². The first-order valence-electron chi connectivity index (χ1n) is 4.52. The van der Waals surface area contributed by atoms with Crippen molar-refractivity contribution in [2.45, 2.75) is 51.6 Å². The molecule has 1 fully saturated rings. The van der Waals surface area contributed by atoms with Crippen LogP contribution in [-0.4, -0.2) is 12.1 Å². The van der Waals surface area contributed by atoms with E-state index in [1.165, 1.54) is 19.3 Å². The van der Waals surface area contributed by atoms with E-state index < -0.39 is 0 Å². The molecule has 1 heterocycles. The van der Waals surface area contributed by atoms with Gasteiger partial charge >= 0.3 is 5.97 Å². The quantitative estimate of drug-likeness (QED) is 0.461. The fourth-order valence-electron chi connectivity index (χ4n) is 1.41. The molecule has 2 heteroatoms. The van der Waals surface area contributed by atoms with E-state index in [2.05, 4.69) is 6.92 Å². The summed E-state index contributed by atoms with van der Waals surface area (Å²) >= 11 is 0. The number of carbonyl (C=O) groups excluding carboxylic acids is 1. The molecule has 1 saturated heterocycles. The summed E-state index contributed by atoms with van der Waals surface area (Å²) in [5, 5.41) is 0. The van der Waals surface area contributed by atoms with Gasteiger partial charge in [0, 0.05) is 6.42 Å². The first kappa shape index (κ1) is 8.57. The first-order valence-corrected chi connectivity index (χ1v) is 4.52. The van der Waals surface area contributed by atoms with Crippen molar-refractivity contribution >= 4 is 5.97 Å². The zero-order valence-corrected chi connectivity index (χ0v) is 7.14. The molecule has 0 N–H and O–H groups in total. The molecule has 0 bridgehead atoms. The summed E-state index contributed by atoms with van der Waals surface area (Å²) in [7, 11) is 0. The fraction of sp³-hybridized carbons (Fsp3) is 0.889. The molecule has 0 aliphatic carbocycles. The van der Waals surface area contributed by atoms with Gasteiger partial charge in [0.1, 0.15) is 6.10 Å². The Labute approximate surface area is 67.9 Å². The number of cyclic esters (lactones) is 1. The van der Waals surface area contributed by atoms with E-state index >= 15 is 0 Å². The second kappa shape index (κ2) is 4.37. The maximum absolute atomic E-state index is 10.7. The average molecular weight is 156 g/mol. The SMILES string of the molecule is CCCCC[C@H]1CCC(=O)O1. The predicted molar refractivity (Wildman–Crippen MR) is 43.3 cm³/mol. The van der Waals surface area contributed by atoms with Gasteiger partial charge in [-0.15, -0.1) is 0 Å². The summed E-state index contributed by atoms with van der Waals surface area (Å²) in [5.41, 5.74) is 0. The van der Waals surface area contributed by atoms with Crippen LogP contribution in [0.2, 0.25) is 0 Å². The van der Waals surface area contributed by atoms with Crippen LogP contribution < -0.4 is 0 Å². The highest BCUT2D eigenvalue weighted by Crippen LogP contribution is 2.18. The van der Waals surface area contributed by atoms with Gasteiger partial charge in [0.05, 0.1) is 0 Å². The Morgan fingerprint density at radius 1 is 1.55 bits per heavy atom.